The van der Waals surface area contributed by atoms with Crippen LogP contribution in [0.1, 0.15) is 11.1 Å². The summed E-state index contributed by atoms with van der Waals surface area (Å²) in [6, 6.07) is 5.13. The molecule has 4 heteroatoms. The van der Waals surface area contributed by atoms with Gasteiger partial charge in [0.05, 0.1) is 0 Å². The van der Waals surface area contributed by atoms with Crippen molar-refractivity contribution in [3.05, 3.63) is 67.3 Å². The summed E-state index contributed by atoms with van der Waals surface area (Å²) in [5.74, 6) is 0. The fourth-order valence-corrected chi connectivity index (χ4v) is 3.96. The van der Waals surface area contributed by atoms with E-state index in [2.05, 4.69) is 19.7 Å². The van der Waals surface area contributed by atoms with E-state index in [4.69, 9.17) is 0 Å². The zero-order valence-electron chi connectivity index (χ0n) is 11.0. The van der Waals surface area contributed by atoms with Gasteiger partial charge in [-0.25, -0.2) is 0 Å². The molecule has 0 heterocycles. The third-order valence-corrected chi connectivity index (χ3v) is 5.26. The Kier molecular flexibility index (Phi) is 4.83. The summed E-state index contributed by atoms with van der Waals surface area (Å²) in [6.07, 6.45) is 5.52. The van der Waals surface area contributed by atoms with E-state index in [1.807, 2.05) is 6.07 Å². The van der Waals surface area contributed by atoms with Crippen LogP contribution in [0.2, 0.25) is 0 Å². The average molecular weight is 280 g/mol. The van der Waals surface area contributed by atoms with Crippen LogP contribution < -0.4 is 5.30 Å². The zero-order valence-corrected chi connectivity index (χ0v) is 11.9. The van der Waals surface area contributed by atoms with Gasteiger partial charge in [-0.2, -0.15) is 0 Å². The standard InChI is InChI=1S/C15H21O3P/c1-4-8-13-10-7-11-15(14(13)9-5-2)19(16,17,18)12-6-3/h4-7,10-11,16-18H,1-3,8-9,12H2. The van der Waals surface area contributed by atoms with Gasteiger partial charge < -0.3 is 0 Å². The molecule has 0 saturated carbocycles. The molecule has 0 aliphatic rings. The minimum absolute atomic E-state index is 0.185. The van der Waals surface area contributed by atoms with E-state index in [9.17, 15) is 14.7 Å². The van der Waals surface area contributed by atoms with Gasteiger partial charge >= 0.3 is 114 Å². The molecule has 1 rings (SSSR count). The zero-order chi connectivity index (χ0) is 14.5. The van der Waals surface area contributed by atoms with Crippen molar-refractivity contribution in [3.8, 4) is 0 Å². The molecule has 0 aromatic heterocycles. The molecule has 0 aliphatic carbocycles. The number of hydrogen-bond acceptors (Lipinski definition) is 3. The van der Waals surface area contributed by atoms with Crippen molar-refractivity contribution >= 4 is 12.6 Å². The van der Waals surface area contributed by atoms with Gasteiger partial charge in [0, 0.05) is 0 Å². The van der Waals surface area contributed by atoms with Crippen LogP contribution >= 0.6 is 7.28 Å². The summed E-state index contributed by atoms with van der Waals surface area (Å²) in [5.41, 5.74) is 1.60. The summed E-state index contributed by atoms with van der Waals surface area (Å²) in [7, 11) is -4.90. The van der Waals surface area contributed by atoms with Crippen LogP contribution in [0.15, 0.2) is 56.2 Å². The maximum absolute atomic E-state index is 10.3. The summed E-state index contributed by atoms with van der Waals surface area (Å²) in [4.78, 5) is 30.8. The predicted octanol–water partition coefficient (Wildman–Crippen LogP) is 2.23. The number of benzene rings is 1. The molecule has 1 aromatic rings. The predicted molar refractivity (Wildman–Crippen MR) is 82.5 cm³/mol. The monoisotopic (exact) mass is 280 g/mol. The first kappa shape index (κ1) is 15.8. The van der Waals surface area contributed by atoms with Crippen molar-refractivity contribution in [2.24, 2.45) is 0 Å². The van der Waals surface area contributed by atoms with E-state index in [-0.39, 0.29) is 11.5 Å². The van der Waals surface area contributed by atoms with Gasteiger partial charge in [-0.05, 0) is 0 Å². The van der Waals surface area contributed by atoms with Crippen molar-refractivity contribution in [2.75, 3.05) is 6.16 Å². The quantitative estimate of drug-likeness (QED) is 0.530. The Morgan fingerprint density at radius 3 is 2.11 bits per heavy atom. The first-order valence-corrected chi connectivity index (χ1v) is 8.32. The van der Waals surface area contributed by atoms with Gasteiger partial charge in [0.25, 0.3) is 0 Å². The average Bonchev–Trinajstić information content (AvgIpc) is 2.30. The molecule has 0 atom stereocenters. The molecule has 3 nitrogen and oxygen atoms in total. The Bertz CT molecular complexity index is 498. The molecule has 0 aliphatic heterocycles. The van der Waals surface area contributed by atoms with Crippen molar-refractivity contribution in [1.29, 1.82) is 0 Å². The molecule has 3 N–H and O–H groups in total. The molecule has 0 unspecified atom stereocenters. The van der Waals surface area contributed by atoms with Gasteiger partial charge in [0.15, 0.2) is 0 Å². The summed E-state index contributed by atoms with van der Waals surface area (Å²) < 4.78 is 0. The van der Waals surface area contributed by atoms with E-state index in [0.717, 1.165) is 5.56 Å². The fourth-order valence-electron chi connectivity index (χ4n) is 2.11. The van der Waals surface area contributed by atoms with E-state index in [1.165, 1.54) is 6.08 Å². The molecular weight excluding hydrogens is 259 g/mol. The number of rotatable bonds is 7. The van der Waals surface area contributed by atoms with Crippen LogP contribution in [-0.4, -0.2) is 20.8 Å². The first-order valence-electron chi connectivity index (χ1n) is 6.04. The summed E-state index contributed by atoms with van der Waals surface area (Å²) >= 11 is 0. The second-order valence-corrected chi connectivity index (χ2v) is 7.67. The van der Waals surface area contributed by atoms with Gasteiger partial charge in [-0.3, -0.25) is 0 Å². The van der Waals surface area contributed by atoms with Gasteiger partial charge in [0.1, 0.15) is 0 Å². The van der Waals surface area contributed by atoms with Crippen LogP contribution in [-0.2, 0) is 12.8 Å². The molecule has 0 fully saturated rings. The summed E-state index contributed by atoms with van der Waals surface area (Å²) in [5, 5.41) is 0.185. The molecule has 19 heavy (non-hydrogen) atoms. The maximum atomic E-state index is 10.3. The summed E-state index contributed by atoms with van der Waals surface area (Å²) in [6.45, 7) is 10.8. The Morgan fingerprint density at radius 1 is 0.947 bits per heavy atom. The Labute approximate surface area is 114 Å². The minimum atomic E-state index is -4.90. The molecule has 0 spiro atoms. The van der Waals surface area contributed by atoms with Crippen molar-refractivity contribution in [1.82, 2.24) is 0 Å². The Hall–Kier alpha value is -1.25. The van der Waals surface area contributed by atoms with Crippen LogP contribution in [0.3, 0.4) is 0 Å². The molecule has 0 saturated heterocycles. The van der Waals surface area contributed by atoms with Gasteiger partial charge in [-0.15, -0.1) is 0 Å². The number of hydrogen-bond donors (Lipinski definition) is 3. The van der Waals surface area contributed by atoms with E-state index >= 15 is 0 Å². The van der Waals surface area contributed by atoms with Crippen LogP contribution in [0.25, 0.3) is 0 Å². The van der Waals surface area contributed by atoms with E-state index < -0.39 is 7.28 Å². The molecule has 104 valence electrons. The normalized spacial score (nSPS) is 13.3. The van der Waals surface area contributed by atoms with Crippen LogP contribution in [0, 0.1) is 0 Å². The molecule has 0 bridgehead atoms. The van der Waals surface area contributed by atoms with Crippen LogP contribution in [0.4, 0.5) is 0 Å². The third kappa shape index (κ3) is 3.62. The second kappa shape index (κ2) is 5.81. The molecule has 0 amide bonds. The van der Waals surface area contributed by atoms with Crippen molar-refractivity contribution in [2.45, 2.75) is 12.8 Å². The van der Waals surface area contributed by atoms with E-state index in [1.54, 1.807) is 24.3 Å². The van der Waals surface area contributed by atoms with Crippen molar-refractivity contribution < 1.29 is 14.7 Å². The Morgan fingerprint density at radius 2 is 1.58 bits per heavy atom. The topological polar surface area (TPSA) is 60.7 Å². The van der Waals surface area contributed by atoms with Crippen LogP contribution in [0.5, 0.6) is 0 Å². The molecule has 0 radical (unpaired) electrons. The van der Waals surface area contributed by atoms with E-state index in [0.29, 0.717) is 18.4 Å². The van der Waals surface area contributed by atoms with Gasteiger partial charge in [-0.1, -0.05) is 0 Å². The second-order valence-electron chi connectivity index (χ2n) is 4.52. The number of allylic oxidation sites excluding steroid dienone is 3. The van der Waals surface area contributed by atoms with Crippen molar-refractivity contribution in [3.63, 3.8) is 0 Å². The molecule has 1 aromatic carbocycles. The first-order chi connectivity index (χ1) is 8.84. The fraction of sp³-hybridized carbons (Fsp3) is 0.200. The van der Waals surface area contributed by atoms with Gasteiger partial charge in [0.2, 0.25) is 0 Å². The Balaban J connectivity index is 3.49. The molecular formula is C15H21O3P. The SMILES string of the molecule is C=CCc1cccc(P(O)(O)(O)CC=C)c1CC=C. The third-order valence-electron chi connectivity index (χ3n) is 2.92.